The molecule has 0 fully saturated rings. The molecule has 1 unspecified atom stereocenters. The predicted octanol–water partition coefficient (Wildman–Crippen LogP) is 4.48. The number of hydrogen-bond donors (Lipinski definition) is 1. The number of fused-ring (bicyclic) bond motifs is 1. The molecule has 1 N–H and O–H groups in total. The largest absolute Gasteiger partial charge is 0.376 e. The predicted molar refractivity (Wildman–Crippen MR) is 85.4 cm³/mol. The minimum atomic E-state index is 0.186. The Bertz CT molecular complexity index is 748. The molecule has 0 aliphatic carbocycles. The summed E-state index contributed by atoms with van der Waals surface area (Å²) in [6, 6.07) is 8.50. The Kier molecular flexibility index (Phi) is 3.40. The topological polar surface area (TPSA) is 37.8 Å². The number of rotatable bonds is 3. The van der Waals surface area contributed by atoms with Crippen LogP contribution in [-0.4, -0.2) is 9.97 Å². The summed E-state index contributed by atoms with van der Waals surface area (Å²) in [6.07, 6.45) is 1.84. The van der Waals surface area contributed by atoms with Gasteiger partial charge in [0, 0.05) is 22.7 Å². The van der Waals surface area contributed by atoms with Crippen LogP contribution in [0.25, 0.3) is 10.9 Å². The van der Waals surface area contributed by atoms with Crippen LogP contribution in [-0.2, 0) is 0 Å². The summed E-state index contributed by atoms with van der Waals surface area (Å²) in [5.74, 6) is 0. The average molecular weight is 283 g/mol. The number of hydrogen-bond acceptors (Lipinski definition) is 4. The van der Waals surface area contributed by atoms with Crippen LogP contribution >= 0.6 is 11.3 Å². The molecule has 0 aliphatic rings. The maximum absolute atomic E-state index is 4.54. The molecular weight excluding hydrogens is 266 g/mol. The summed E-state index contributed by atoms with van der Waals surface area (Å²) in [5.41, 5.74) is 4.45. The van der Waals surface area contributed by atoms with Gasteiger partial charge in [0.2, 0.25) is 0 Å². The van der Waals surface area contributed by atoms with E-state index in [4.69, 9.17) is 0 Å². The molecular formula is C16H17N3S. The fourth-order valence-corrected chi connectivity index (χ4v) is 3.03. The van der Waals surface area contributed by atoms with Crippen LogP contribution in [0, 0.1) is 13.8 Å². The highest BCUT2D eigenvalue weighted by Crippen LogP contribution is 2.28. The second kappa shape index (κ2) is 5.21. The molecule has 3 aromatic rings. The zero-order chi connectivity index (χ0) is 14.1. The Morgan fingerprint density at radius 2 is 2.05 bits per heavy atom. The van der Waals surface area contributed by atoms with Crippen molar-refractivity contribution >= 4 is 27.9 Å². The fraction of sp³-hybridized carbons (Fsp3) is 0.250. The first-order valence-corrected chi connectivity index (χ1v) is 7.56. The van der Waals surface area contributed by atoms with Gasteiger partial charge < -0.3 is 5.32 Å². The summed E-state index contributed by atoms with van der Waals surface area (Å²) in [6.45, 7) is 6.26. The summed E-state index contributed by atoms with van der Waals surface area (Å²) in [7, 11) is 0. The van der Waals surface area contributed by atoms with Gasteiger partial charge in [0.1, 0.15) is 0 Å². The van der Waals surface area contributed by atoms with Gasteiger partial charge >= 0.3 is 0 Å². The lowest BCUT2D eigenvalue weighted by Gasteiger charge is -2.15. The van der Waals surface area contributed by atoms with Crippen molar-refractivity contribution < 1.29 is 0 Å². The van der Waals surface area contributed by atoms with E-state index < -0.39 is 0 Å². The van der Waals surface area contributed by atoms with Crippen LogP contribution in [0.4, 0.5) is 5.69 Å². The molecule has 20 heavy (non-hydrogen) atoms. The SMILES string of the molecule is Cc1nc(C(C)Nc2ccc(C)c3ncccc23)cs1. The number of nitrogens with one attached hydrogen (secondary N) is 1. The van der Waals surface area contributed by atoms with Gasteiger partial charge in [-0.05, 0) is 44.5 Å². The van der Waals surface area contributed by atoms with Crippen molar-refractivity contribution in [1.29, 1.82) is 0 Å². The summed E-state index contributed by atoms with van der Waals surface area (Å²) < 4.78 is 0. The van der Waals surface area contributed by atoms with Crippen LogP contribution in [0.1, 0.15) is 29.2 Å². The fourth-order valence-electron chi connectivity index (χ4n) is 2.33. The highest BCUT2D eigenvalue weighted by Gasteiger charge is 2.11. The first-order valence-electron chi connectivity index (χ1n) is 6.68. The van der Waals surface area contributed by atoms with Crippen molar-refractivity contribution in [1.82, 2.24) is 9.97 Å². The van der Waals surface area contributed by atoms with Crippen LogP contribution in [0.2, 0.25) is 0 Å². The summed E-state index contributed by atoms with van der Waals surface area (Å²) >= 11 is 1.69. The Balaban J connectivity index is 1.97. The lowest BCUT2D eigenvalue weighted by Crippen LogP contribution is -2.07. The minimum Gasteiger partial charge on any atom is -0.376 e. The Labute approximate surface area is 122 Å². The monoisotopic (exact) mass is 283 g/mol. The number of anilines is 1. The van der Waals surface area contributed by atoms with E-state index >= 15 is 0 Å². The van der Waals surface area contributed by atoms with E-state index in [9.17, 15) is 0 Å². The average Bonchev–Trinajstić information content (AvgIpc) is 2.89. The molecule has 0 saturated carbocycles. The summed E-state index contributed by atoms with van der Waals surface area (Å²) in [5, 5.41) is 7.92. The molecule has 1 atom stereocenters. The van der Waals surface area contributed by atoms with Gasteiger partial charge in [-0.15, -0.1) is 11.3 Å². The molecule has 102 valence electrons. The van der Waals surface area contributed by atoms with E-state index in [0.717, 1.165) is 27.3 Å². The number of aromatic nitrogens is 2. The third kappa shape index (κ3) is 2.39. The van der Waals surface area contributed by atoms with Gasteiger partial charge in [-0.3, -0.25) is 4.98 Å². The number of nitrogens with zero attached hydrogens (tertiary/aromatic N) is 2. The van der Waals surface area contributed by atoms with Gasteiger partial charge in [-0.25, -0.2) is 4.98 Å². The molecule has 3 rings (SSSR count). The minimum absolute atomic E-state index is 0.186. The van der Waals surface area contributed by atoms with Crippen LogP contribution in [0.5, 0.6) is 0 Å². The number of aryl methyl sites for hydroxylation is 2. The van der Waals surface area contributed by atoms with Crippen molar-refractivity contribution in [3.05, 3.63) is 52.1 Å². The van der Waals surface area contributed by atoms with E-state index in [0.29, 0.717) is 0 Å². The molecule has 2 heterocycles. The maximum atomic E-state index is 4.54. The lowest BCUT2D eigenvalue weighted by atomic mass is 10.1. The number of pyridine rings is 1. The van der Waals surface area contributed by atoms with Crippen LogP contribution < -0.4 is 5.32 Å². The molecule has 4 heteroatoms. The van der Waals surface area contributed by atoms with Crippen LogP contribution in [0.3, 0.4) is 0 Å². The highest BCUT2D eigenvalue weighted by molar-refractivity contribution is 7.09. The summed E-state index contributed by atoms with van der Waals surface area (Å²) in [4.78, 5) is 9.02. The van der Waals surface area contributed by atoms with Crippen molar-refractivity contribution in [3.63, 3.8) is 0 Å². The molecule has 0 spiro atoms. The first-order chi connectivity index (χ1) is 9.65. The molecule has 0 aliphatic heterocycles. The highest BCUT2D eigenvalue weighted by atomic mass is 32.1. The number of benzene rings is 1. The van der Waals surface area contributed by atoms with Crippen molar-refractivity contribution in [2.75, 3.05) is 5.32 Å². The van der Waals surface area contributed by atoms with Gasteiger partial charge in [-0.1, -0.05) is 6.07 Å². The number of thiazole rings is 1. The van der Waals surface area contributed by atoms with Crippen molar-refractivity contribution in [2.45, 2.75) is 26.8 Å². The normalized spacial score (nSPS) is 12.6. The second-order valence-corrected chi connectivity index (χ2v) is 6.05. The van der Waals surface area contributed by atoms with Crippen molar-refractivity contribution in [2.24, 2.45) is 0 Å². The molecule has 0 saturated heterocycles. The molecule has 0 bridgehead atoms. The molecule has 0 amide bonds. The van der Waals surface area contributed by atoms with E-state index in [1.165, 1.54) is 5.56 Å². The van der Waals surface area contributed by atoms with Gasteiger partial charge in [0.05, 0.1) is 22.3 Å². The first kappa shape index (κ1) is 13.1. The van der Waals surface area contributed by atoms with Crippen LogP contribution in [0.15, 0.2) is 35.8 Å². The quantitative estimate of drug-likeness (QED) is 0.770. The molecule has 3 nitrogen and oxygen atoms in total. The van der Waals surface area contributed by atoms with E-state index in [-0.39, 0.29) is 6.04 Å². The third-order valence-electron chi connectivity index (χ3n) is 3.42. The Hall–Kier alpha value is -1.94. The standard InChI is InChI=1S/C16H17N3S/c1-10-6-7-14(13-5-4-8-17-16(10)13)18-11(2)15-9-20-12(3)19-15/h4-9,11,18H,1-3H3. The van der Waals surface area contributed by atoms with Gasteiger partial charge in [0.15, 0.2) is 0 Å². The zero-order valence-corrected chi connectivity index (χ0v) is 12.7. The molecule has 2 aromatic heterocycles. The van der Waals surface area contributed by atoms with E-state index in [2.05, 4.69) is 52.7 Å². The van der Waals surface area contributed by atoms with E-state index in [1.54, 1.807) is 11.3 Å². The second-order valence-electron chi connectivity index (χ2n) is 4.99. The Morgan fingerprint density at radius 1 is 1.20 bits per heavy atom. The van der Waals surface area contributed by atoms with E-state index in [1.807, 2.05) is 19.2 Å². The van der Waals surface area contributed by atoms with Crippen molar-refractivity contribution in [3.8, 4) is 0 Å². The van der Waals surface area contributed by atoms with Gasteiger partial charge in [0.25, 0.3) is 0 Å². The third-order valence-corrected chi connectivity index (χ3v) is 4.22. The zero-order valence-electron chi connectivity index (χ0n) is 11.8. The van der Waals surface area contributed by atoms with Gasteiger partial charge in [-0.2, -0.15) is 0 Å². The Morgan fingerprint density at radius 3 is 2.80 bits per heavy atom. The molecule has 1 aromatic carbocycles. The smallest absolute Gasteiger partial charge is 0.0898 e. The maximum Gasteiger partial charge on any atom is 0.0898 e. The lowest BCUT2D eigenvalue weighted by molar-refractivity contribution is 0.847. The molecule has 0 radical (unpaired) electrons.